The van der Waals surface area contributed by atoms with Gasteiger partial charge in [-0.05, 0) is 37.8 Å². The third-order valence-corrected chi connectivity index (χ3v) is 3.99. The number of rotatable bonds is 3. The van der Waals surface area contributed by atoms with Gasteiger partial charge >= 0.3 is 5.97 Å². The van der Waals surface area contributed by atoms with E-state index in [9.17, 15) is 4.79 Å². The predicted octanol–water partition coefficient (Wildman–Crippen LogP) is 3.34. The SMILES string of the molecule is CCOC(=O)c1cc(N)c(N2CCC(C)CC2)c(Cl)c1. The second-order valence-electron chi connectivity index (χ2n) is 5.29. The van der Waals surface area contributed by atoms with Gasteiger partial charge < -0.3 is 15.4 Å². The van der Waals surface area contributed by atoms with Crippen LogP contribution in [0.1, 0.15) is 37.0 Å². The molecular weight excluding hydrogens is 276 g/mol. The molecular formula is C15H21ClN2O2. The van der Waals surface area contributed by atoms with Crippen molar-refractivity contribution >= 4 is 28.9 Å². The number of nitrogens with zero attached hydrogens (tertiary/aromatic N) is 1. The summed E-state index contributed by atoms with van der Waals surface area (Å²) < 4.78 is 4.97. The van der Waals surface area contributed by atoms with E-state index >= 15 is 0 Å². The van der Waals surface area contributed by atoms with Gasteiger partial charge in [-0.3, -0.25) is 0 Å². The van der Waals surface area contributed by atoms with Gasteiger partial charge in [-0.25, -0.2) is 4.79 Å². The fraction of sp³-hybridized carbons (Fsp3) is 0.533. The Morgan fingerprint density at radius 3 is 2.65 bits per heavy atom. The zero-order valence-corrected chi connectivity index (χ0v) is 12.7. The summed E-state index contributed by atoms with van der Waals surface area (Å²) in [6, 6.07) is 3.29. The van der Waals surface area contributed by atoms with E-state index in [1.165, 1.54) is 0 Å². The fourth-order valence-corrected chi connectivity index (χ4v) is 2.86. The molecule has 0 aromatic heterocycles. The summed E-state index contributed by atoms with van der Waals surface area (Å²) in [5.41, 5.74) is 7.87. The topological polar surface area (TPSA) is 55.6 Å². The predicted molar refractivity (Wildman–Crippen MR) is 82.4 cm³/mol. The molecule has 0 unspecified atom stereocenters. The number of nitrogen functional groups attached to an aromatic ring is 1. The van der Waals surface area contributed by atoms with Gasteiger partial charge in [0.1, 0.15) is 0 Å². The van der Waals surface area contributed by atoms with Crippen molar-refractivity contribution in [3.8, 4) is 0 Å². The van der Waals surface area contributed by atoms with E-state index in [0.29, 0.717) is 22.9 Å². The van der Waals surface area contributed by atoms with Crippen molar-refractivity contribution < 1.29 is 9.53 Å². The van der Waals surface area contributed by atoms with E-state index in [1.54, 1.807) is 19.1 Å². The van der Waals surface area contributed by atoms with Crippen LogP contribution in [0.2, 0.25) is 5.02 Å². The van der Waals surface area contributed by atoms with Crippen LogP contribution in [0.3, 0.4) is 0 Å². The Morgan fingerprint density at radius 2 is 2.10 bits per heavy atom. The highest BCUT2D eigenvalue weighted by molar-refractivity contribution is 6.34. The second-order valence-corrected chi connectivity index (χ2v) is 5.69. The molecule has 1 aromatic rings. The molecule has 1 fully saturated rings. The highest BCUT2D eigenvalue weighted by atomic mass is 35.5. The number of carbonyl (C=O) groups is 1. The highest BCUT2D eigenvalue weighted by Gasteiger charge is 2.21. The van der Waals surface area contributed by atoms with Gasteiger partial charge in [0, 0.05) is 13.1 Å². The quantitative estimate of drug-likeness (QED) is 0.686. The first-order valence-corrected chi connectivity index (χ1v) is 7.41. The van der Waals surface area contributed by atoms with E-state index in [0.717, 1.165) is 37.5 Å². The van der Waals surface area contributed by atoms with Gasteiger partial charge in [-0.15, -0.1) is 0 Å². The number of piperidine rings is 1. The average molecular weight is 297 g/mol. The Hall–Kier alpha value is -1.42. The molecule has 110 valence electrons. The first-order chi connectivity index (χ1) is 9.52. The van der Waals surface area contributed by atoms with Crippen LogP contribution >= 0.6 is 11.6 Å². The van der Waals surface area contributed by atoms with Crippen molar-refractivity contribution in [3.63, 3.8) is 0 Å². The molecule has 0 aliphatic carbocycles. The Bertz CT molecular complexity index is 474. The lowest BCUT2D eigenvalue weighted by atomic mass is 9.98. The molecule has 2 N–H and O–H groups in total. The van der Waals surface area contributed by atoms with E-state index < -0.39 is 0 Å². The number of carbonyl (C=O) groups excluding carboxylic acids is 1. The summed E-state index contributed by atoms with van der Waals surface area (Å²) in [5, 5.41) is 0.516. The number of esters is 1. The number of hydrogen-bond acceptors (Lipinski definition) is 4. The third-order valence-electron chi connectivity index (χ3n) is 3.70. The maximum absolute atomic E-state index is 11.7. The molecule has 0 bridgehead atoms. The second kappa shape index (κ2) is 6.35. The van der Waals surface area contributed by atoms with Crippen molar-refractivity contribution in [3.05, 3.63) is 22.7 Å². The minimum Gasteiger partial charge on any atom is -0.462 e. The summed E-state index contributed by atoms with van der Waals surface area (Å²) >= 11 is 6.32. The molecule has 0 spiro atoms. The molecule has 1 aliphatic rings. The molecule has 5 heteroatoms. The Balaban J connectivity index is 2.25. The first-order valence-electron chi connectivity index (χ1n) is 7.04. The standard InChI is InChI=1S/C15H21ClN2O2/c1-3-20-15(19)11-8-12(16)14(13(17)9-11)18-6-4-10(2)5-7-18/h8-10H,3-7,17H2,1-2H3. The molecule has 1 aliphatic heterocycles. The summed E-state index contributed by atoms with van der Waals surface area (Å²) in [6.45, 7) is 6.26. The lowest BCUT2D eigenvalue weighted by molar-refractivity contribution is 0.0526. The molecule has 20 heavy (non-hydrogen) atoms. The van der Waals surface area contributed by atoms with Gasteiger partial charge in [-0.1, -0.05) is 18.5 Å². The minimum atomic E-state index is -0.389. The number of anilines is 2. The van der Waals surface area contributed by atoms with Crippen molar-refractivity contribution in [2.24, 2.45) is 5.92 Å². The Morgan fingerprint density at radius 1 is 1.45 bits per heavy atom. The lowest BCUT2D eigenvalue weighted by Crippen LogP contribution is -2.33. The zero-order chi connectivity index (χ0) is 14.7. The summed E-state index contributed by atoms with van der Waals surface area (Å²) in [6.07, 6.45) is 2.27. The van der Waals surface area contributed by atoms with E-state index in [4.69, 9.17) is 22.1 Å². The van der Waals surface area contributed by atoms with Crippen molar-refractivity contribution in [1.82, 2.24) is 0 Å². The number of halogens is 1. The molecule has 0 amide bonds. The summed E-state index contributed by atoms with van der Waals surface area (Å²) in [7, 11) is 0. The molecule has 1 heterocycles. The average Bonchev–Trinajstić information content (AvgIpc) is 2.40. The van der Waals surface area contributed by atoms with Crippen LogP contribution in [0.15, 0.2) is 12.1 Å². The lowest BCUT2D eigenvalue weighted by Gasteiger charge is -2.33. The maximum Gasteiger partial charge on any atom is 0.338 e. The first kappa shape index (κ1) is 15.0. The van der Waals surface area contributed by atoms with Crippen LogP contribution in [0.25, 0.3) is 0 Å². The number of ether oxygens (including phenoxy) is 1. The fourth-order valence-electron chi connectivity index (χ4n) is 2.52. The van der Waals surface area contributed by atoms with Gasteiger partial charge in [0.15, 0.2) is 0 Å². The van der Waals surface area contributed by atoms with Crippen molar-refractivity contribution in [2.45, 2.75) is 26.7 Å². The van der Waals surface area contributed by atoms with Gasteiger partial charge in [0.2, 0.25) is 0 Å². The molecule has 4 nitrogen and oxygen atoms in total. The molecule has 1 aromatic carbocycles. The smallest absolute Gasteiger partial charge is 0.338 e. The Kier molecular flexibility index (Phi) is 4.76. The van der Waals surface area contributed by atoms with Crippen LogP contribution in [0, 0.1) is 5.92 Å². The van der Waals surface area contributed by atoms with Gasteiger partial charge in [-0.2, -0.15) is 0 Å². The van der Waals surface area contributed by atoms with Crippen LogP contribution in [-0.4, -0.2) is 25.7 Å². The van der Waals surface area contributed by atoms with Crippen LogP contribution in [0.5, 0.6) is 0 Å². The molecule has 0 saturated carbocycles. The van der Waals surface area contributed by atoms with E-state index in [1.807, 2.05) is 0 Å². The number of nitrogens with two attached hydrogens (primary N) is 1. The summed E-state index contributed by atoms with van der Waals surface area (Å²) in [5.74, 6) is 0.352. The Labute approximate surface area is 124 Å². The molecule has 0 radical (unpaired) electrons. The minimum absolute atomic E-state index is 0.335. The molecule has 1 saturated heterocycles. The van der Waals surface area contributed by atoms with E-state index in [2.05, 4.69) is 11.8 Å². The van der Waals surface area contributed by atoms with Gasteiger partial charge in [0.25, 0.3) is 0 Å². The van der Waals surface area contributed by atoms with E-state index in [-0.39, 0.29) is 5.97 Å². The zero-order valence-electron chi connectivity index (χ0n) is 12.0. The van der Waals surface area contributed by atoms with Crippen molar-refractivity contribution in [1.29, 1.82) is 0 Å². The largest absolute Gasteiger partial charge is 0.462 e. The monoisotopic (exact) mass is 296 g/mol. The highest BCUT2D eigenvalue weighted by Crippen LogP contribution is 2.36. The van der Waals surface area contributed by atoms with Crippen LogP contribution < -0.4 is 10.6 Å². The normalized spacial score (nSPS) is 16.2. The number of benzene rings is 1. The summed E-state index contributed by atoms with van der Waals surface area (Å²) in [4.78, 5) is 13.9. The van der Waals surface area contributed by atoms with Gasteiger partial charge in [0.05, 0.1) is 28.6 Å². The molecule has 2 rings (SSSR count). The van der Waals surface area contributed by atoms with Crippen LogP contribution in [-0.2, 0) is 4.74 Å². The third kappa shape index (κ3) is 3.18. The van der Waals surface area contributed by atoms with Crippen molar-refractivity contribution in [2.75, 3.05) is 30.3 Å². The maximum atomic E-state index is 11.7. The molecule has 0 atom stereocenters. The number of hydrogen-bond donors (Lipinski definition) is 1. The van der Waals surface area contributed by atoms with Crippen LogP contribution in [0.4, 0.5) is 11.4 Å².